The maximum Gasteiger partial charge on any atom is 0.294 e. The lowest BCUT2D eigenvalue weighted by Gasteiger charge is -1.96. The van der Waals surface area contributed by atoms with E-state index < -0.39 is 4.92 Å². The van der Waals surface area contributed by atoms with Crippen LogP contribution in [0.3, 0.4) is 0 Å². The molecule has 0 bridgehead atoms. The van der Waals surface area contributed by atoms with Gasteiger partial charge in [0.2, 0.25) is 0 Å². The summed E-state index contributed by atoms with van der Waals surface area (Å²) in [5.74, 6) is -0.319. The van der Waals surface area contributed by atoms with Crippen LogP contribution in [0, 0.1) is 15.9 Å². The number of nitrogens with zero attached hydrogens (tertiary/aromatic N) is 1. The van der Waals surface area contributed by atoms with Crippen LogP contribution in [-0.4, -0.2) is 11.2 Å². The Balaban J connectivity index is 0.000000204. The SMILES string of the molecule is Nc1ccc(N)c([N+](=O)[O-])c1.O=Cc1ccc(F)cc1. The second-order valence-corrected chi connectivity index (χ2v) is 3.74. The van der Waals surface area contributed by atoms with Gasteiger partial charge in [0.1, 0.15) is 17.8 Å². The van der Waals surface area contributed by atoms with Gasteiger partial charge in [-0.25, -0.2) is 4.39 Å². The van der Waals surface area contributed by atoms with Gasteiger partial charge >= 0.3 is 0 Å². The minimum Gasteiger partial charge on any atom is -0.399 e. The van der Waals surface area contributed by atoms with Crippen molar-refractivity contribution in [1.82, 2.24) is 0 Å². The van der Waals surface area contributed by atoms with Crippen molar-refractivity contribution in [3.8, 4) is 0 Å². The molecule has 0 aliphatic rings. The summed E-state index contributed by atoms with van der Waals surface area (Å²) in [7, 11) is 0. The number of hydrogen-bond acceptors (Lipinski definition) is 5. The van der Waals surface area contributed by atoms with Gasteiger partial charge in [0.15, 0.2) is 0 Å². The maximum atomic E-state index is 12.1. The predicted octanol–water partition coefficient (Wildman–Crippen LogP) is 2.40. The van der Waals surface area contributed by atoms with Crippen molar-refractivity contribution in [3.63, 3.8) is 0 Å². The number of aldehydes is 1. The molecule has 20 heavy (non-hydrogen) atoms. The summed E-state index contributed by atoms with van der Waals surface area (Å²) in [6.07, 6.45) is 0.680. The molecule has 0 saturated heterocycles. The van der Waals surface area contributed by atoms with Crippen LogP contribution in [0.5, 0.6) is 0 Å². The number of nitro benzene ring substituents is 1. The average molecular weight is 277 g/mol. The number of rotatable bonds is 2. The molecule has 6 nitrogen and oxygen atoms in total. The van der Waals surface area contributed by atoms with Crippen LogP contribution in [0.15, 0.2) is 42.5 Å². The van der Waals surface area contributed by atoms with Gasteiger partial charge in [-0.2, -0.15) is 0 Å². The fraction of sp³-hybridized carbons (Fsp3) is 0. The zero-order chi connectivity index (χ0) is 15.1. The van der Waals surface area contributed by atoms with Gasteiger partial charge < -0.3 is 11.5 Å². The third-order valence-corrected chi connectivity index (χ3v) is 2.26. The lowest BCUT2D eigenvalue weighted by Crippen LogP contribution is -1.96. The number of anilines is 2. The monoisotopic (exact) mass is 277 g/mol. The van der Waals surface area contributed by atoms with Crippen molar-refractivity contribution in [2.24, 2.45) is 0 Å². The third-order valence-electron chi connectivity index (χ3n) is 2.26. The van der Waals surface area contributed by atoms with Crippen LogP contribution < -0.4 is 11.5 Å². The first-order valence-electron chi connectivity index (χ1n) is 5.44. The molecule has 0 spiro atoms. The number of nitrogens with two attached hydrogens (primary N) is 2. The highest BCUT2D eigenvalue weighted by atomic mass is 19.1. The molecule has 0 atom stereocenters. The fourth-order valence-electron chi connectivity index (χ4n) is 1.26. The minimum atomic E-state index is -0.564. The van der Waals surface area contributed by atoms with E-state index in [9.17, 15) is 19.3 Å². The number of nitrogen functional groups attached to an aromatic ring is 2. The Kier molecular flexibility index (Phi) is 5.16. The number of carbonyl (C=O) groups excluding carboxylic acids is 1. The van der Waals surface area contributed by atoms with Crippen molar-refractivity contribution in [2.75, 3.05) is 11.5 Å². The van der Waals surface area contributed by atoms with Crippen LogP contribution in [0.2, 0.25) is 0 Å². The first-order chi connectivity index (χ1) is 9.43. The molecule has 0 aromatic heterocycles. The predicted molar refractivity (Wildman–Crippen MR) is 73.7 cm³/mol. The standard InChI is InChI=1S/C7H5FO.C6H7N3O2/c8-7-3-1-6(5-9)2-4-7;7-4-1-2-5(8)6(3-4)9(10)11/h1-5H;1-3H,7-8H2. The zero-order valence-corrected chi connectivity index (χ0v) is 10.3. The van der Waals surface area contributed by atoms with E-state index in [1.807, 2.05) is 0 Å². The molecule has 2 aromatic carbocycles. The average Bonchev–Trinajstić information content (AvgIpc) is 2.43. The van der Waals surface area contributed by atoms with Gasteiger partial charge in [0.25, 0.3) is 5.69 Å². The van der Waals surface area contributed by atoms with Gasteiger partial charge in [-0.05, 0) is 36.4 Å². The van der Waals surface area contributed by atoms with Gasteiger partial charge in [0.05, 0.1) is 4.92 Å². The molecule has 104 valence electrons. The molecule has 0 aliphatic carbocycles. The summed E-state index contributed by atoms with van der Waals surface area (Å²) in [6, 6.07) is 9.53. The van der Waals surface area contributed by atoms with Crippen LogP contribution in [-0.2, 0) is 0 Å². The third kappa shape index (κ3) is 4.37. The minimum absolute atomic E-state index is 0.129. The highest BCUT2D eigenvalue weighted by molar-refractivity contribution is 5.74. The molecule has 2 rings (SSSR count). The zero-order valence-electron chi connectivity index (χ0n) is 10.3. The van der Waals surface area contributed by atoms with Crippen molar-refractivity contribution >= 4 is 23.3 Å². The quantitative estimate of drug-likeness (QED) is 0.379. The van der Waals surface area contributed by atoms with Gasteiger partial charge in [-0.1, -0.05) is 0 Å². The number of carbonyl (C=O) groups is 1. The number of benzene rings is 2. The Labute approximate surface area is 114 Å². The van der Waals surface area contributed by atoms with Crippen LogP contribution >= 0.6 is 0 Å². The molecular formula is C13H12FN3O3. The molecule has 4 N–H and O–H groups in total. The highest BCUT2D eigenvalue weighted by Crippen LogP contribution is 2.22. The molecule has 0 aliphatic heterocycles. The highest BCUT2D eigenvalue weighted by Gasteiger charge is 2.09. The van der Waals surface area contributed by atoms with E-state index in [0.717, 1.165) is 0 Å². The second-order valence-electron chi connectivity index (χ2n) is 3.74. The summed E-state index contributed by atoms with van der Waals surface area (Å²) < 4.78 is 12.1. The summed E-state index contributed by atoms with van der Waals surface area (Å²) in [5, 5.41) is 10.2. The van der Waals surface area contributed by atoms with Crippen molar-refractivity contribution in [3.05, 3.63) is 64.0 Å². The molecule has 0 heterocycles. The van der Waals surface area contributed by atoms with Gasteiger partial charge in [-0.3, -0.25) is 14.9 Å². The largest absolute Gasteiger partial charge is 0.399 e. The normalized spacial score (nSPS) is 9.25. The Hall–Kier alpha value is -2.96. The first kappa shape index (κ1) is 15.1. The second kappa shape index (κ2) is 6.83. The lowest BCUT2D eigenvalue weighted by molar-refractivity contribution is -0.383. The first-order valence-corrected chi connectivity index (χ1v) is 5.44. The lowest BCUT2D eigenvalue weighted by atomic mass is 10.2. The van der Waals surface area contributed by atoms with E-state index in [1.54, 1.807) is 0 Å². The Morgan fingerprint density at radius 1 is 1.10 bits per heavy atom. The van der Waals surface area contributed by atoms with Crippen LogP contribution in [0.4, 0.5) is 21.5 Å². The fourth-order valence-corrected chi connectivity index (χ4v) is 1.26. The van der Waals surface area contributed by atoms with Crippen molar-refractivity contribution < 1.29 is 14.1 Å². The van der Waals surface area contributed by atoms with E-state index in [-0.39, 0.29) is 17.2 Å². The number of hydrogen-bond donors (Lipinski definition) is 2. The van der Waals surface area contributed by atoms with E-state index in [4.69, 9.17) is 11.5 Å². The number of halogens is 1. The van der Waals surface area contributed by atoms with Gasteiger partial charge in [0, 0.05) is 17.3 Å². The van der Waals surface area contributed by atoms with Crippen LogP contribution in [0.25, 0.3) is 0 Å². The Bertz CT molecular complexity index is 615. The molecule has 0 amide bonds. The van der Waals surface area contributed by atoms with E-state index in [2.05, 4.69) is 0 Å². The van der Waals surface area contributed by atoms with E-state index >= 15 is 0 Å². The van der Waals surface area contributed by atoms with E-state index in [1.165, 1.54) is 42.5 Å². The smallest absolute Gasteiger partial charge is 0.294 e. The topological polar surface area (TPSA) is 112 Å². The summed E-state index contributed by atoms with van der Waals surface area (Å²) in [6.45, 7) is 0. The van der Waals surface area contributed by atoms with Crippen molar-refractivity contribution in [1.29, 1.82) is 0 Å². The molecule has 0 radical (unpaired) electrons. The summed E-state index contributed by atoms with van der Waals surface area (Å²) in [4.78, 5) is 19.7. The molecule has 7 heteroatoms. The molecule has 2 aromatic rings. The molecule has 0 unspecified atom stereocenters. The molecular weight excluding hydrogens is 265 g/mol. The van der Waals surface area contributed by atoms with Gasteiger partial charge in [-0.15, -0.1) is 0 Å². The summed E-state index contributed by atoms with van der Waals surface area (Å²) in [5.41, 5.74) is 11.4. The van der Waals surface area contributed by atoms with Crippen LogP contribution in [0.1, 0.15) is 10.4 Å². The molecule has 0 saturated carbocycles. The number of nitro groups is 1. The maximum absolute atomic E-state index is 12.1. The Morgan fingerprint density at radius 3 is 2.15 bits per heavy atom. The summed E-state index contributed by atoms with van der Waals surface area (Å²) >= 11 is 0. The molecule has 0 fully saturated rings. The van der Waals surface area contributed by atoms with E-state index in [0.29, 0.717) is 17.5 Å². The Morgan fingerprint density at radius 2 is 1.70 bits per heavy atom. The van der Waals surface area contributed by atoms with Crippen molar-refractivity contribution in [2.45, 2.75) is 0 Å².